The van der Waals surface area contributed by atoms with E-state index in [0.717, 1.165) is 82.2 Å². The summed E-state index contributed by atoms with van der Waals surface area (Å²) in [7, 11) is -7.54. The third-order valence-electron chi connectivity index (χ3n) is 17.4. The first kappa shape index (κ1) is 87.4. The van der Waals surface area contributed by atoms with Crippen molar-refractivity contribution in [1.82, 2.24) is 10.6 Å². The van der Waals surface area contributed by atoms with Crippen LogP contribution in [-0.2, 0) is 78.7 Å². The number of ether oxygens (including phenoxy) is 1. The summed E-state index contributed by atoms with van der Waals surface area (Å²) in [6.07, 6.45) is 8.33. The van der Waals surface area contributed by atoms with E-state index in [9.17, 15) is 67.2 Å². The Labute approximate surface area is 678 Å². The van der Waals surface area contributed by atoms with Crippen LogP contribution in [0.5, 0.6) is 0 Å². The summed E-state index contributed by atoms with van der Waals surface area (Å²) >= 11 is 6.34. The molecule has 564 valence electrons. The molecule has 3 N–H and O–H groups in total. The maximum absolute atomic E-state index is 15.0. The van der Waals surface area contributed by atoms with E-state index >= 15 is 4.39 Å². The Kier molecular flexibility index (Phi) is 33.4. The Morgan fingerprint density at radius 2 is 0.926 bits per heavy atom. The topological polar surface area (TPSA) is 207 Å². The van der Waals surface area contributed by atoms with E-state index < -0.39 is 72.2 Å². The molecule has 0 fully saturated rings. The van der Waals surface area contributed by atoms with Crippen molar-refractivity contribution in [3.8, 4) is 0 Å². The number of benzene rings is 9. The number of rotatable bonds is 14. The van der Waals surface area contributed by atoms with Crippen LogP contribution in [0.1, 0.15) is 163 Å². The second-order valence-corrected chi connectivity index (χ2v) is 32.3. The first-order valence-corrected chi connectivity index (χ1v) is 39.0. The number of fused-ring (bicyclic) bond motifs is 4. The average Bonchev–Trinajstić information content (AvgIpc) is 0.774. The van der Waals surface area contributed by atoms with E-state index in [4.69, 9.17) is 22.5 Å². The van der Waals surface area contributed by atoms with E-state index in [0.29, 0.717) is 97.7 Å². The van der Waals surface area contributed by atoms with Gasteiger partial charge in [-0.3, -0.25) is 19.2 Å². The zero-order valence-electron chi connectivity index (χ0n) is 60.4. The largest absolute Gasteiger partial charge is 1.00 e. The molecule has 2 atom stereocenters. The number of hydrogen-bond donors (Lipinski definition) is 3. The van der Waals surface area contributed by atoms with E-state index in [-0.39, 0.29) is 125 Å². The normalized spacial score (nSPS) is 14.7. The van der Waals surface area contributed by atoms with Gasteiger partial charge < -0.3 is 33.1 Å². The number of halogens is 7. The van der Waals surface area contributed by atoms with Gasteiger partial charge in [-0.1, -0.05) is 96.7 Å². The summed E-state index contributed by atoms with van der Waals surface area (Å²) in [6.45, 7) is 7.36. The SMILES string of the molecule is CC(=O)NC[C@@H]1CCCc2cc(S(=O)(=O)c3ccccc3)cc(F)c21.CC(C)(C)OC(=O)NC[C@@H]1CCCc2cc(S(=O)(=O)c3ccccc3)cc(F)c21.O=C(O)CCCc1cc(F)cc(F)c1.O=C1CCCc2cc(F)cc(F)c21.O=C1CCCc2cc(Sc3ccccc3)cc(F)c21.[K+].[S-]c1ccccc1. The number of carboxylic acid groups (broad SMARTS) is 1. The molecule has 0 radical (unpaired) electrons. The molecule has 0 spiro atoms. The average molecular weight is 1580 g/mol. The molecule has 2 amide bonds. The third kappa shape index (κ3) is 25.9. The molecule has 13 nitrogen and oxygen atoms in total. The monoisotopic (exact) mass is 1580 g/mol. The number of alkyl carbamates (subject to hydrolysis) is 1. The minimum absolute atomic E-state index is 0. The van der Waals surface area contributed by atoms with Gasteiger partial charge in [-0.15, -0.1) is 0 Å². The number of Topliss-reactive ketones (excluding diaryl/α,β-unsaturated/α-hetero) is 2. The van der Waals surface area contributed by atoms with E-state index in [1.807, 2.05) is 66.7 Å². The minimum Gasteiger partial charge on any atom is -0.780 e. The molecule has 108 heavy (non-hydrogen) atoms. The van der Waals surface area contributed by atoms with Gasteiger partial charge >= 0.3 is 63.4 Å². The Hall–Kier alpha value is -7.85. The molecule has 0 saturated carbocycles. The Morgan fingerprint density at radius 3 is 1.37 bits per heavy atom. The standard InChI is InChI=1S/C22H26FNO4S.C19H20FNO3S.C16H13FOS.C10H10F2O2.C10H8F2O.C6H6S.K/c1-22(2,3)28-21(25)24-14-16-9-7-8-15-12-18(13-19(23)20(15)16)29(26,27)17-10-5-4-6-11-17;1-13(22)21-12-15-7-5-6-14-10-17(11-18(20)19(14)15)25(23,24)16-8-3-2-4-9-16;17-14-10-13(19-12-6-2-1-3-7-12)9-11-5-4-8-15(18)16(11)14;11-8-4-7(5-9(12)6-8)2-1-3-10(13)14;11-7-4-6-2-1-3-9(13)10(6)8(12)5-7;7-6-4-2-1-3-5-6;/h4-6,10-13,16H,7-9,14H2,1-3H3,(H,24,25);2-4,8-11,15H,5-7,12H2,1H3,(H,21,22);1-3,6-7,9-10H,4-5,8H2;4-6H,1-3H2,(H,13,14);4-5H,1-3H2;1-5,7H;/q;;;;;;+1/p-1/t16-;15-;;;;;/m00...../s1. The second-order valence-electron chi connectivity index (χ2n) is 26.8. The Balaban J connectivity index is 0.000000188. The number of aryl methyl sites for hydroxylation is 5. The smallest absolute Gasteiger partial charge is 0.780 e. The fraction of sp³-hybridized carbons (Fsp3) is 0.289. The van der Waals surface area contributed by atoms with Gasteiger partial charge in [0.25, 0.3) is 0 Å². The maximum Gasteiger partial charge on any atom is 1.00 e. The molecule has 0 aromatic heterocycles. The number of ketones is 2. The minimum atomic E-state index is -3.79. The number of carbonyl (C=O) groups is 5. The van der Waals surface area contributed by atoms with Gasteiger partial charge in [0.2, 0.25) is 25.6 Å². The van der Waals surface area contributed by atoms with Crippen molar-refractivity contribution < 1.29 is 133 Å². The summed E-state index contributed by atoms with van der Waals surface area (Å²) < 4.78 is 151. The van der Waals surface area contributed by atoms with Crippen molar-refractivity contribution in [2.24, 2.45) is 0 Å². The second kappa shape index (κ2) is 41.3. The van der Waals surface area contributed by atoms with Crippen LogP contribution < -0.4 is 62.0 Å². The van der Waals surface area contributed by atoms with E-state index in [1.54, 1.807) is 69.3 Å². The zero-order chi connectivity index (χ0) is 77.6. The van der Waals surface area contributed by atoms with Crippen molar-refractivity contribution in [3.05, 3.63) is 279 Å². The Morgan fingerprint density at radius 1 is 0.500 bits per heavy atom. The van der Waals surface area contributed by atoms with Crippen LogP contribution in [0.4, 0.5) is 35.5 Å². The van der Waals surface area contributed by atoms with Crippen LogP contribution in [0.2, 0.25) is 0 Å². The first-order valence-electron chi connectivity index (χ1n) is 34.8. The summed E-state index contributed by atoms with van der Waals surface area (Å²) in [5.74, 6) is -5.70. The van der Waals surface area contributed by atoms with Gasteiger partial charge in [0, 0.05) is 73.0 Å². The van der Waals surface area contributed by atoms with Crippen LogP contribution in [0.15, 0.2) is 222 Å². The Bertz CT molecular complexity index is 4830. The van der Waals surface area contributed by atoms with Gasteiger partial charge in [-0.05, 0) is 228 Å². The van der Waals surface area contributed by atoms with E-state index in [1.165, 1.54) is 67.2 Å². The molecular weight excluding hydrogens is 1500 g/mol. The molecule has 0 heterocycles. The van der Waals surface area contributed by atoms with Crippen LogP contribution in [0.25, 0.3) is 0 Å². The van der Waals surface area contributed by atoms with Crippen molar-refractivity contribution in [2.75, 3.05) is 13.1 Å². The van der Waals surface area contributed by atoms with Crippen LogP contribution in [0.3, 0.4) is 0 Å². The molecule has 9 aromatic carbocycles. The molecule has 0 saturated heterocycles. The molecule has 13 rings (SSSR count). The van der Waals surface area contributed by atoms with Gasteiger partial charge in [-0.25, -0.2) is 52.4 Å². The van der Waals surface area contributed by atoms with Crippen LogP contribution in [-0.4, -0.2) is 70.2 Å². The van der Waals surface area contributed by atoms with Crippen molar-refractivity contribution in [3.63, 3.8) is 0 Å². The van der Waals surface area contributed by atoms with Gasteiger partial charge in [0.15, 0.2) is 11.6 Å². The molecule has 4 aliphatic rings. The number of nitrogens with one attached hydrogen (secondary N) is 2. The quantitative estimate of drug-likeness (QED) is 0.0527. The molecule has 0 unspecified atom stereocenters. The molecule has 4 aliphatic carbocycles. The number of sulfone groups is 2. The number of hydrogen-bond acceptors (Lipinski definition) is 12. The number of amides is 2. The third-order valence-corrected chi connectivity index (χ3v) is 22.2. The first-order chi connectivity index (χ1) is 50.9. The number of carboxylic acids is 1. The zero-order valence-corrected chi connectivity index (χ0v) is 66.8. The molecule has 9 aromatic rings. The summed E-state index contributed by atoms with van der Waals surface area (Å²) in [5.41, 5.74) is 4.06. The van der Waals surface area contributed by atoms with Crippen molar-refractivity contribution >= 4 is 73.6 Å². The number of carbonyl (C=O) groups excluding carboxylic acids is 4. The molecule has 0 bridgehead atoms. The molecular formula is C83H82F7KN2O11S4. The van der Waals surface area contributed by atoms with Gasteiger partial charge in [-0.2, -0.15) is 4.90 Å². The van der Waals surface area contributed by atoms with Crippen LogP contribution >= 0.6 is 11.8 Å². The van der Waals surface area contributed by atoms with E-state index in [2.05, 4.69) is 10.6 Å². The van der Waals surface area contributed by atoms with Gasteiger partial charge in [0.05, 0.1) is 30.7 Å². The fourth-order valence-electron chi connectivity index (χ4n) is 12.7. The summed E-state index contributed by atoms with van der Waals surface area (Å²) in [4.78, 5) is 59.3. The summed E-state index contributed by atoms with van der Waals surface area (Å²) in [5, 5.41) is 13.8. The predicted molar refractivity (Wildman–Crippen MR) is 398 cm³/mol. The summed E-state index contributed by atoms with van der Waals surface area (Å²) in [6, 6.07) is 49.5. The molecule has 25 heteroatoms. The molecule has 0 aliphatic heterocycles. The number of aliphatic carboxylic acids is 1. The van der Waals surface area contributed by atoms with Crippen molar-refractivity contribution in [2.45, 2.75) is 176 Å². The fourth-order valence-corrected chi connectivity index (χ4v) is 16.5. The predicted octanol–water partition coefficient (Wildman–Crippen LogP) is 15.8. The van der Waals surface area contributed by atoms with Crippen molar-refractivity contribution in [1.29, 1.82) is 0 Å². The van der Waals surface area contributed by atoms with Gasteiger partial charge in [0.1, 0.15) is 46.3 Å². The van der Waals surface area contributed by atoms with Crippen LogP contribution in [0, 0.1) is 40.7 Å². The maximum atomic E-state index is 15.0.